The highest BCUT2D eigenvalue weighted by atomic mass is 16.5. The SMILES string of the molecule is NC(N)=N/N=C/c1ccccc1OCC(=O)O. The van der Waals surface area contributed by atoms with Gasteiger partial charge in [-0.15, -0.1) is 5.10 Å². The van der Waals surface area contributed by atoms with Crippen molar-refractivity contribution >= 4 is 18.1 Å². The quantitative estimate of drug-likeness (QED) is 0.369. The molecule has 0 unspecified atom stereocenters. The molecule has 0 saturated heterocycles. The molecule has 0 aliphatic carbocycles. The van der Waals surface area contributed by atoms with E-state index in [-0.39, 0.29) is 5.96 Å². The van der Waals surface area contributed by atoms with Crippen LogP contribution in [0.5, 0.6) is 5.75 Å². The van der Waals surface area contributed by atoms with Gasteiger partial charge in [-0.25, -0.2) is 4.79 Å². The first-order valence-electron chi connectivity index (χ1n) is 4.65. The molecule has 0 aromatic heterocycles. The van der Waals surface area contributed by atoms with E-state index in [9.17, 15) is 4.79 Å². The van der Waals surface area contributed by atoms with Crippen molar-refractivity contribution in [2.75, 3.05) is 6.61 Å². The lowest BCUT2D eigenvalue weighted by atomic mass is 10.2. The molecule has 0 heterocycles. The summed E-state index contributed by atoms with van der Waals surface area (Å²) in [5, 5.41) is 15.5. The highest BCUT2D eigenvalue weighted by molar-refractivity contribution is 5.84. The smallest absolute Gasteiger partial charge is 0.341 e. The number of nitrogens with two attached hydrogens (primary N) is 2. The summed E-state index contributed by atoms with van der Waals surface area (Å²) in [6, 6.07) is 6.79. The average Bonchev–Trinajstić information content (AvgIpc) is 2.27. The van der Waals surface area contributed by atoms with Crippen LogP contribution in [-0.2, 0) is 4.79 Å². The first kappa shape index (κ1) is 12.5. The van der Waals surface area contributed by atoms with Crippen LogP contribution in [0.15, 0.2) is 34.5 Å². The molecule has 0 amide bonds. The lowest BCUT2D eigenvalue weighted by Crippen LogP contribution is -2.21. The topological polar surface area (TPSA) is 123 Å². The minimum atomic E-state index is -1.05. The van der Waals surface area contributed by atoms with Crippen molar-refractivity contribution in [1.29, 1.82) is 0 Å². The zero-order valence-electron chi connectivity index (χ0n) is 8.91. The largest absolute Gasteiger partial charge is 0.481 e. The van der Waals surface area contributed by atoms with Crippen LogP contribution in [0.25, 0.3) is 0 Å². The molecule has 1 aromatic carbocycles. The van der Waals surface area contributed by atoms with Crippen molar-refractivity contribution in [2.45, 2.75) is 0 Å². The number of nitrogens with zero attached hydrogens (tertiary/aromatic N) is 2. The molecule has 0 radical (unpaired) electrons. The molecule has 7 nitrogen and oxygen atoms in total. The van der Waals surface area contributed by atoms with E-state index >= 15 is 0 Å². The molecule has 1 rings (SSSR count). The molecule has 17 heavy (non-hydrogen) atoms. The summed E-state index contributed by atoms with van der Waals surface area (Å²) in [6.07, 6.45) is 1.37. The van der Waals surface area contributed by atoms with E-state index in [4.69, 9.17) is 21.3 Å². The molecule has 0 aliphatic rings. The highest BCUT2D eigenvalue weighted by Crippen LogP contribution is 2.15. The Hall–Kier alpha value is -2.57. The maximum atomic E-state index is 10.4. The molecule has 1 aromatic rings. The van der Waals surface area contributed by atoms with E-state index in [0.29, 0.717) is 11.3 Å². The molecular formula is C10H12N4O3. The van der Waals surface area contributed by atoms with Crippen LogP contribution in [-0.4, -0.2) is 29.9 Å². The molecule has 0 bridgehead atoms. The molecule has 5 N–H and O–H groups in total. The summed E-state index contributed by atoms with van der Waals surface area (Å²) in [5.41, 5.74) is 10.8. The standard InChI is InChI=1S/C10H12N4O3/c11-10(12)14-13-5-7-3-1-2-4-8(7)17-6-9(15)16/h1-5H,6H2,(H,15,16)(H4,11,12,14)/b13-5+. The Bertz CT molecular complexity index is 453. The number of rotatable bonds is 5. The van der Waals surface area contributed by atoms with Crippen LogP contribution >= 0.6 is 0 Å². The third kappa shape index (κ3) is 4.65. The van der Waals surface area contributed by atoms with Gasteiger partial charge in [-0.3, -0.25) is 0 Å². The summed E-state index contributed by atoms with van der Waals surface area (Å²) < 4.78 is 5.05. The van der Waals surface area contributed by atoms with Crippen LogP contribution in [0.3, 0.4) is 0 Å². The second-order valence-electron chi connectivity index (χ2n) is 2.99. The van der Waals surface area contributed by atoms with Crippen molar-refractivity contribution in [3.8, 4) is 5.75 Å². The summed E-state index contributed by atoms with van der Waals surface area (Å²) in [5.74, 6) is -0.824. The zero-order chi connectivity index (χ0) is 12.7. The van der Waals surface area contributed by atoms with Gasteiger partial charge >= 0.3 is 5.97 Å². The molecule has 0 saturated carbocycles. The Morgan fingerprint density at radius 1 is 1.41 bits per heavy atom. The number of guanidine groups is 1. The Morgan fingerprint density at radius 3 is 2.76 bits per heavy atom. The third-order valence-corrected chi connectivity index (χ3v) is 1.64. The number of carbonyl (C=O) groups is 1. The predicted octanol–water partition coefficient (Wildman–Crippen LogP) is -0.243. The lowest BCUT2D eigenvalue weighted by Gasteiger charge is -2.05. The van der Waals surface area contributed by atoms with Crippen molar-refractivity contribution in [1.82, 2.24) is 0 Å². The number of ether oxygens (including phenoxy) is 1. The van der Waals surface area contributed by atoms with Crippen LogP contribution in [0.4, 0.5) is 0 Å². The number of benzene rings is 1. The van der Waals surface area contributed by atoms with Gasteiger partial charge < -0.3 is 21.3 Å². The van der Waals surface area contributed by atoms with E-state index in [0.717, 1.165) is 0 Å². The lowest BCUT2D eigenvalue weighted by molar-refractivity contribution is -0.139. The Labute approximate surface area is 97.4 Å². The van der Waals surface area contributed by atoms with E-state index in [1.54, 1.807) is 24.3 Å². The van der Waals surface area contributed by atoms with E-state index in [2.05, 4.69) is 10.2 Å². The fourth-order valence-electron chi connectivity index (χ4n) is 1.02. The summed E-state index contributed by atoms with van der Waals surface area (Å²) in [7, 11) is 0. The van der Waals surface area contributed by atoms with Gasteiger partial charge in [0.2, 0.25) is 5.96 Å². The monoisotopic (exact) mass is 236 g/mol. The van der Waals surface area contributed by atoms with Crippen molar-refractivity contribution in [2.24, 2.45) is 21.7 Å². The molecule has 0 spiro atoms. The third-order valence-electron chi connectivity index (χ3n) is 1.64. The van der Waals surface area contributed by atoms with Gasteiger partial charge in [0.1, 0.15) is 5.75 Å². The average molecular weight is 236 g/mol. The molecule has 0 atom stereocenters. The molecular weight excluding hydrogens is 224 g/mol. The van der Waals surface area contributed by atoms with Gasteiger partial charge in [0, 0.05) is 5.56 Å². The normalized spacial score (nSPS) is 10.1. The van der Waals surface area contributed by atoms with Gasteiger partial charge in [-0.1, -0.05) is 12.1 Å². The first-order chi connectivity index (χ1) is 8.09. The maximum Gasteiger partial charge on any atom is 0.341 e. The fraction of sp³-hybridized carbons (Fsp3) is 0.100. The summed E-state index contributed by atoms with van der Waals surface area (Å²) >= 11 is 0. The van der Waals surface area contributed by atoms with Crippen molar-refractivity contribution < 1.29 is 14.6 Å². The number of carboxylic acid groups (broad SMARTS) is 1. The summed E-state index contributed by atoms with van der Waals surface area (Å²) in [6.45, 7) is -0.423. The maximum absolute atomic E-state index is 10.4. The minimum Gasteiger partial charge on any atom is -0.481 e. The van der Waals surface area contributed by atoms with Gasteiger partial charge in [0.05, 0.1) is 6.21 Å². The highest BCUT2D eigenvalue weighted by Gasteiger charge is 2.03. The Morgan fingerprint density at radius 2 is 2.12 bits per heavy atom. The number of aliphatic carboxylic acids is 1. The van der Waals surface area contributed by atoms with Gasteiger partial charge in [-0.05, 0) is 12.1 Å². The Kier molecular flexibility index (Phi) is 4.49. The van der Waals surface area contributed by atoms with Crippen LogP contribution in [0.1, 0.15) is 5.56 Å². The van der Waals surface area contributed by atoms with Gasteiger partial charge in [0.15, 0.2) is 6.61 Å². The minimum absolute atomic E-state index is 0.162. The molecule has 7 heteroatoms. The summed E-state index contributed by atoms with van der Waals surface area (Å²) in [4.78, 5) is 10.4. The van der Waals surface area contributed by atoms with Crippen LogP contribution < -0.4 is 16.2 Å². The van der Waals surface area contributed by atoms with Crippen molar-refractivity contribution in [3.63, 3.8) is 0 Å². The number of hydrogen-bond acceptors (Lipinski definition) is 4. The second kappa shape index (κ2) is 6.11. The van der Waals surface area contributed by atoms with Gasteiger partial charge in [-0.2, -0.15) is 5.10 Å². The van der Waals surface area contributed by atoms with Crippen molar-refractivity contribution in [3.05, 3.63) is 29.8 Å². The van der Waals surface area contributed by atoms with Crippen LogP contribution in [0, 0.1) is 0 Å². The van der Waals surface area contributed by atoms with E-state index < -0.39 is 12.6 Å². The fourth-order valence-corrected chi connectivity index (χ4v) is 1.02. The number of carboxylic acids is 1. The first-order valence-corrected chi connectivity index (χ1v) is 4.65. The number of hydrogen-bond donors (Lipinski definition) is 3. The molecule has 0 fully saturated rings. The van der Waals surface area contributed by atoms with Gasteiger partial charge in [0.25, 0.3) is 0 Å². The second-order valence-corrected chi connectivity index (χ2v) is 2.99. The number of para-hydroxylation sites is 1. The predicted molar refractivity (Wildman–Crippen MR) is 63.0 cm³/mol. The van der Waals surface area contributed by atoms with E-state index in [1.165, 1.54) is 6.21 Å². The van der Waals surface area contributed by atoms with Crippen LogP contribution in [0.2, 0.25) is 0 Å². The molecule has 0 aliphatic heterocycles. The van der Waals surface area contributed by atoms with E-state index in [1.807, 2.05) is 0 Å². The molecule has 90 valence electrons. The Balaban J connectivity index is 2.80. The zero-order valence-corrected chi connectivity index (χ0v) is 8.91.